The molecule has 0 aromatic heterocycles. The van der Waals surface area contributed by atoms with Crippen LogP contribution in [0.15, 0.2) is 76.3 Å². The summed E-state index contributed by atoms with van der Waals surface area (Å²) in [5, 5.41) is 4.76. The molecule has 0 fully saturated rings. The highest BCUT2D eigenvalue weighted by Gasteiger charge is 2.14. The van der Waals surface area contributed by atoms with Gasteiger partial charge < -0.3 is 9.47 Å². The normalized spacial score (nSPS) is 10.7. The molecule has 3 rings (SSSR count). The largest absolute Gasteiger partial charge is 0.484 e. The molecule has 0 spiro atoms. The van der Waals surface area contributed by atoms with Crippen molar-refractivity contribution < 1.29 is 19.1 Å². The Morgan fingerprint density at radius 1 is 1.03 bits per heavy atom. The van der Waals surface area contributed by atoms with Crippen LogP contribution < -0.4 is 14.9 Å². The number of esters is 1. The SMILES string of the molecule is O=C(COc1ccc(Cl)cc1)N/N=C\c1cc(Br)ccc1OC(=O)c1ccccc1Cl. The van der Waals surface area contributed by atoms with Gasteiger partial charge in [-0.25, -0.2) is 10.2 Å². The number of nitrogens with one attached hydrogen (secondary N) is 1. The molecule has 0 saturated heterocycles. The Bertz CT molecular complexity index is 1120. The lowest BCUT2D eigenvalue weighted by molar-refractivity contribution is -0.123. The zero-order valence-electron chi connectivity index (χ0n) is 15.8. The zero-order valence-corrected chi connectivity index (χ0v) is 18.9. The molecule has 0 bridgehead atoms. The van der Waals surface area contributed by atoms with Crippen LogP contribution in [0.4, 0.5) is 0 Å². The first-order valence-electron chi connectivity index (χ1n) is 8.89. The highest BCUT2D eigenvalue weighted by molar-refractivity contribution is 9.10. The molecule has 0 aliphatic carbocycles. The summed E-state index contributed by atoms with van der Waals surface area (Å²) in [7, 11) is 0. The first kappa shape index (κ1) is 22.8. The molecule has 1 amide bonds. The molecule has 9 heteroatoms. The zero-order chi connectivity index (χ0) is 22.2. The summed E-state index contributed by atoms with van der Waals surface area (Å²) in [5.74, 6) is -0.313. The maximum Gasteiger partial charge on any atom is 0.345 e. The molecule has 0 aliphatic rings. The molecular weight excluding hydrogens is 507 g/mol. The van der Waals surface area contributed by atoms with Gasteiger partial charge in [-0.15, -0.1) is 0 Å². The lowest BCUT2D eigenvalue weighted by atomic mass is 10.2. The van der Waals surface area contributed by atoms with Crippen molar-refractivity contribution in [2.24, 2.45) is 5.10 Å². The van der Waals surface area contributed by atoms with Crippen molar-refractivity contribution in [3.8, 4) is 11.5 Å². The number of carbonyl (C=O) groups excluding carboxylic acids is 2. The monoisotopic (exact) mass is 520 g/mol. The van der Waals surface area contributed by atoms with Crippen LogP contribution in [0.1, 0.15) is 15.9 Å². The molecule has 0 heterocycles. The number of hydrogen-bond acceptors (Lipinski definition) is 5. The molecule has 0 atom stereocenters. The molecule has 1 N–H and O–H groups in total. The minimum absolute atomic E-state index is 0.230. The summed E-state index contributed by atoms with van der Waals surface area (Å²) in [4.78, 5) is 24.4. The van der Waals surface area contributed by atoms with E-state index < -0.39 is 11.9 Å². The number of nitrogens with zero attached hydrogens (tertiary/aromatic N) is 1. The second-order valence-corrected chi connectivity index (χ2v) is 7.85. The van der Waals surface area contributed by atoms with Gasteiger partial charge in [0.15, 0.2) is 6.61 Å². The van der Waals surface area contributed by atoms with Gasteiger partial charge in [-0.3, -0.25) is 4.79 Å². The maximum atomic E-state index is 12.4. The molecule has 0 radical (unpaired) electrons. The number of amides is 1. The Labute approximate surface area is 196 Å². The second kappa shape index (κ2) is 10.9. The number of ether oxygens (including phenoxy) is 2. The Balaban J connectivity index is 1.62. The number of rotatable bonds is 7. The lowest BCUT2D eigenvalue weighted by Crippen LogP contribution is -2.24. The summed E-state index contributed by atoms with van der Waals surface area (Å²) >= 11 is 15.2. The van der Waals surface area contributed by atoms with Crippen LogP contribution in [-0.4, -0.2) is 24.7 Å². The van der Waals surface area contributed by atoms with Gasteiger partial charge in [-0.1, -0.05) is 51.3 Å². The van der Waals surface area contributed by atoms with E-state index in [0.29, 0.717) is 16.3 Å². The minimum atomic E-state index is -0.608. The van der Waals surface area contributed by atoms with Gasteiger partial charge in [0.25, 0.3) is 5.91 Å². The van der Waals surface area contributed by atoms with E-state index >= 15 is 0 Å². The fourth-order valence-electron chi connectivity index (χ4n) is 2.38. The van der Waals surface area contributed by atoms with Gasteiger partial charge in [0, 0.05) is 15.1 Å². The van der Waals surface area contributed by atoms with E-state index in [1.54, 1.807) is 66.7 Å². The van der Waals surface area contributed by atoms with Crippen LogP contribution in [0.2, 0.25) is 10.0 Å². The standard InChI is InChI=1S/C22H15BrCl2N2O4/c23-15-5-10-20(31-22(29)18-3-1-2-4-19(18)25)14(11-15)12-26-27-21(28)13-30-17-8-6-16(24)7-9-17/h1-12H,13H2,(H,27,28)/b26-12-. The predicted octanol–water partition coefficient (Wildman–Crippen LogP) is 5.50. The van der Waals surface area contributed by atoms with Gasteiger partial charge >= 0.3 is 5.97 Å². The average molecular weight is 522 g/mol. The van der Waals surface area contributed by atoms with Crippen molar-refractivity contribution in [2.75, 3.05) is 6.61 Å². The summed E-state index contributed by atoms with van der Waals surface area (Å²) < 4.78 is 11.5. The van der Waals surface area contributed by atoms with E-state index in [1.165, 1.54) is 6.21 Å². The molecule has 0 aliphatic heterocycles. The molecular formula is C22H15BrCl2N2O4. The van der Waals surface area contributed by atoms with Gasteiger partial charge in [-0.05, 0) is 54.6 Å². The third kappa shape index (κ3) is 6.82. The molecule has 158 valence electrons. The number of hydrogen-bond donors (Lipinski definition) is 1. The van der Waals surface area contributed by atoms with E-state index in [0.717, 1.165) is 4.47 Å². The average Bonchev–Trinajstić information content (AvgIpc) is 2.75. The number of benzene rings is 3. The van der Waals surface area contributed by atoms with E-state index in [4.69, 9.17) is 32.7 Å². The fraction of sp³-hybridized carbons (Fsp3) is 0.0455. The molecule has 31 heavy (non-hydrogen) atoms. The Kier molecular flexibility index (Phi) is 8.06. The number of hydrazone groups is 1. The van der Waals surface area contributed by atoms with Crippen LogP contribution in [0.3, 0.4) is 0 Å². The van der Waals surface area contributed by atoms with E-state index in [2.05, 4.69) is 26.5 Å². The van der Waals surface area contributed by atoms with Crippen LogP contribution in [0, 0.1) is 0 Å². The van der Waals surface area contributed by atoms with Gasteiger partial charge in [0.05, 0.1) is 16.8 Å². The first-order valence-corrected chi connectivity index (χ1v) is 10.4. The maximum absolute atomic E-state index is 12.4. The van der Waals surface area contributed by atoms with Crippen molar-refractivity contribution in [1.29, 1.82) is 0 Å². The predicted molar refractivity (Wildman–Crippen MR) is 123 cm³/mol. The molecule has 6 nitrogen and oxygen atoms in total. The van der Waals surface area contributed by atoms with E-state index in [-0.39, 0.29) is 22.9 Å². The quantitative estimate of drug-likeness (QED) is 0.192. The van der Waals surface area contributed by atoms with Gasteiger partial charge in [0.2, 0.25) is 0 Å². The Hall–Kier alpha value is -2.87. The topological polar surface area (TPSA) is 77.0 Å². The number of carbonyl (C=O) groups is 2. The van der Waals surface area contributed by atoms with Crippen molar-refractivity contribution in [3.63, 3.8) is 0 Å². The van der Waals surface area contributed by atoms with Crippen LogP contribution in [-0.2, 0) is 4.79 Å². The molecule has 0 saturated carbocycles. The smallest absolute Gasteiger partial charge is 0.345 e. The molecule has 3 aromatic carbocycles. The number of halogens is 3. The summed E-state index contributed by atoms with van der Waals surface area (Å²) in [5.41, 5.74) is 3.06. The first-order chi connectivity index (χ1) is 14.9. The molecule has 0 unspecified atom stereocenters. The summed E-state index contributed by atoms with van der Waals surface area (Å²) in [6.45, 7) is -0.230. The Morgan fingerprint density at radius 2 is 1.77 bits per heavy atom. The van der Waals surface area contributed by atoms with Crippen molar-refractivity contribution in [2.45, 2.75) is 0 Å². The molecule has 3 aromatic rings. The third-order valence-electron chi connectivity index (χ3n) is 3.84. The van der Waals surface area contributed by atoms with Crippen LogP contribution in [0.5, 0.6) is 11.5 Å². The van der Waals surface area contributed by atoms with Crippen LogP contribution in [0.25, 0.3) is 0 Å². The highest BCUT2D eigenvalue weighted by atomic mass is 79.9. The third-order valence-corrected chi connectivity index (χ3v) is 4.92. The van der Waals surface area contributed by atoms with E-state index in [9.17, 15) is 9.59 Å². The second-order valence-electron chi connectivity index (χ2n) is 6.09. The van der Waals surface area contributed by atoms with Crippen molar-refractivity contribution >= 4 is 57.2 Å². The van der Waals surface area contributed by atoms with Gasteiger partial charge in [-0.2, -0.15) is 5.10 Å². The van der Waals surface area contributed by atoms with Crippen molar-refractivity contribution in [1.82, 2.24) is 5.43 Å². The van der Waals surface area contributed by atoms with E-state index in [1.807, 2.05) is 0 Å². The minimum Gasteiger partial charge on any atom is -0.484 e. The summed E-state index contributed by atoms with van der Waals surface area (Å²) in [6, 6.07) is 18.2. The fourth-order valence-corrected chi connectivity index (χ4v) is 3.10. The lowest BCUT2D eigenvalue weighted by Gasteiger charge is -2.09. The summed E-state index contributed by atoms with van der Waals surface area (Å²) in [6.07, 6.45) is 1.36. The van der Waals surface area contributed by atoms with Crippen molar-refractivity contribution in [3.05, 3.63) is 92.4 Å². The van der Waals surface area contributed by atoms with Gasteiger partial charge in [0.1, 0.15) is 11.5 Å². The van der Waals surface area contributed by atoms with Crippen LogP contribution >= 0.6 is 39.1 Å². The Morgan fingerprint density at radius 3 is 2.52 bits per heavy atom. The highest BCUT2D eigenvalue weighted by Crippen LogP contribution is 2.24.